The second-order valence-corrected chi connectivity index (χ2v) is 4.11. The Hall–Kier alpha value is -1.55. The van der Waals surface area contributed by atoms with Gasteiger partial charge in [0.15, 0.2) is 0 Å². The minimum Gasteiger partial charge on any atom is -0.340 e. The average Bonchev–Trinajstić information content (AvgIpc) is 2.24. The number of nitrogens with zero attached hydrogens (tertiary/aromatic N) is 3. The minimum atomic E-state index is -1.01. The number of hydrogen-bond acceptors (Lipinski definition) is 3. The Kier molecular flexibility index (Phi) is 4.81. The van der Waals surface area contributed by atoms with Gasteiger partial charge in [-0.2, -0.15) is 10.5 Å². The van der Waals surface area contributed by atoms with Crippen LogP contribution in [-0.4, -0.2) is 23.9 Å². The van der Waals surface area contributed by atoms with Crippen LogP contribution in [0.1, 0.15) is 27.7 Å². The number of rotatable bonds is 4. The van der Waals surface area contributed by atoms with Crippen LogP contribution in [0.15, 0.2) is 0 Å². The lowest BCUT2D eigenvalue weighted by Crippen LogP contribution is -2.42. The molecule has 0 bridgehead atoms. The van der Waals surface area contributed by atoms with Crippen molar-refractivity contribution in [2.24, 2.45) is 11.3 Å². The number of amides is 1. The molecule has 0 aliphatic carbocycles. The van der Waals surface area contributed by atoms with E-state index in [2.05, 4.69) is 6.07 Å². The molecular weight excluding hydrogens is 190 g/mol. The third-order valence-corrected chi connectivity index (χ3v) is 2.20. The van der Waals surface area contributed by atoms with Crippen LogP contribution in [0.2, 0.25) is 0 Å². The molecular formula is C11H17N3O. The molecule has 15 heavy (non-hydrogen) atoms. The SMILES string of the molecule is CCN(CC(C)C#N)C(=O)C(C)(C)C#N. The van der Waals surface area contributed by atoms with Crippen molar-refractivity contribution in [1.29, 1.82) is 10.5 Å². The van der Waals surface area contributed by atoms with Crippen LogP contribution in [0, 0.1) is 34.0 Å². The Bertz CT molecular complexity index is 309. The highest BCUT2D eigenvalue weighted by Gasteiger charge is 2.31. The molecule has 0 aromatic heterocycles. The fourth-order valence-electron chi connectivity index (χ4n) is 1.17. The van der Waals surface area contributed by atoms with Crippen molar-refractivity contribution in [2.45, 2.75) is 27.7 Å². The molecule has 0 saturated carbocycles. The number of carbonyl (C=O) groups excluding carboxylic acids is 1. The van der Waals surface area contributed by atoms with Crippen LogP contribution in [0.4, 0.5) is 0 Å². The quantitative estimate of drug-likeness (QED) is 0.702. The van der Waals surface area contributed by atoms with Gasteiger partial charge in [-0.25, -0.2) is 0 Å². The van der Waals surface area contributed by atoms with Gasteiger partial charge in [-0.1, -0.05) is 0 Å². The van der Waals surface area contributed by atoms with Gasteiger partial charge in [0.25, 0.3) is 0 Å². The van der Waals surface area contributed by atoms with Crippen molar-refractivity contribution in [3.63, 3.8) is 0 Å². The Morgan fingerprint density at radius 2 is 2.00 bits per heavy atom. The van der Waals surface area contributed by atoms with Gasteiger partial charge in [0.05, 0.1) is 18.1 Å². The van der Waals surface area contributed by atoms with Gasteiger partial charge in [-0.05, 0) is 27.7 Å². The molecule has 0 N–H and O–H groups in total. The summed E-state index contributed by atoms with van der Waals surface area (Å²) >= 11 is 0. The monoisotopic (exact) mass is 207 g/mol. The van der Waals surface area contributed by atoms with E-state index in [9.17, 15) is 4.79 Å². The first-order chi connectivity index (χ1) is 6.88. The van der Waals surface area contributed by atoms with Crippen LogP contribution in [0.3, 0.4) is 0 Å². The fourth-order valence-corrected chi connectivity index (χ4v) is 1.17. The zero-order chi connectivity index (χ0) is 12.1. The van der Waals surface area contributed by atoms with Crippen LogP contribution < -0.4 is 0 Å². The molecule has 0 spiro atoms. The molecule has 0 aliphatic heterocycles. The molecule has 0 fully saturated rings. The lowest BCUT2D eigenvalue weighted by atomic mass is 9.93. The molecule has 1 atom stereocenters. The molecule has 1 unspecified atom stereocenters. The smallest absolute Gasteiger partial charge is 0.242 e. The maximum absolute atomic E-state index is 11.9. The van der Waals surface area contributed by atoms with Gasteiger partial charge in [0.1, 0.15) is 5.41 Å². The van der Waals surface area contributed by atoms with Crippen LogP contribution in [-0.2, 0) is 4.79 Å². The molecule has 82 valence electrons. The Morgan fingerprint density at radius 3 is 2.33 bits per heavy atom. The van der Waals surface area contributed by atoms with Crippen molar-refractivity contribution >= 4 is 5.91 Å². The van der Waals surface area contributed by atoms with E-state index >= 15 is 0 Å². The van der Waals surface area contributed by atoms with E-state index in [0.717, 1.165) is 0 Å². The molecule has 1 amide bonds. The van der Waals surface area contributed by atoms with E-state index in [4.69, 9.17) is 10.5 Å². The summed E-state index contributed by atoms with van der Waals surface area (Å²) in [7, 11) is 0. The summed E-state index contributed by atoms with van der Waals surface area (Å²) < 4.78 is 0. The standard InChI is InChI=1S/C11H17N3O/c1-5-14(7-9(2)6-12)10(15)11(3,4)8-13/h9H,5,7H2,1-4H3. The maximum Gasteiger partial charge on any atom is 0.242 e. The second-order valence-electron chi connectivity index (χ2n) is 4.11. The van der Waals surface area contributed by atoms with Crippen LogP contribution in [0.5, 0.6) is 0 Å². The summed E-state index contributed by atoms with van der Waals surface area (Å²) in [5.41, 5.74) is -1.01. The Labute approximate surface area is 91.1 Å². The number of nitriles is 2. The first-order valence-electron chi connectivity index (χ1n) is 4.99. The van der Waals surface area contributed by atoms with E-state index in [-0.39, 0.29) is 11.8 Å². The largest absolute Gasteiger partial charge is 0.340 e. The van der Waals surface area contributed by atoms with Crippen molar-refractivity contribution in [1.82, 2.24) is 4.90 Å². The highest BCUT2D eigenvalue weighted by atomic mass is 16.2. The summed E-state index contributed by atoms with van der Waals surface area (Å²) in [6.07, 6.45) is 0. The van der Waals surface area contributed by atoms with Crippen molar-refractivity contribution in [3.8, 4) is 12.1 Å². The molecule has 0 aliphatic rings. The predicted octanol–water partition coefficient (Wildman–Crippen LogP) is 1.54. The molecule has 0 aromatic carbocycles. The van der Waals surface area contributed by atoms with Crippen LogP contribution in [0.25, 0.3) is 0 Å². The molecule has 0 rings (SSSR count). The molecule has 4 nitrogen and oxygen atoms in total. The van der Waals surface area contributed by atoms with Crippen molar-refractivity contribution in [2.75, 3.05) is 13.1 Å². The molecule has 0 radical (unpaired) electrons. The third kappa shape index (κ3) is 3.59. The molecule has 0 saturated heterocycles. The highest BCUT2D eigenvalue weighted by Crippen LogP contribution is 2.18. The average molecular weight is 207 g/mol. The first kappa shape index (κ1) is 13.4. The zero-order valence-corrected chi connectivity index (χ0v) is 9.74. The van der Waals surface area contributed by atoms with Gasteiger partial charge in [0, 0.05) is 13.1 Å². The first-order valence-corrected chi connectivity index (χ1v) is 4.99. The van der Waals surface area contributed by atoms with Crippen molar-refractivity contribution < 1.29 is 4.79 Å². The maximum atomic E-state index is 11.9. The normalized spacial score (nSPS) is 12.4. The topological polar surface area (TPSA) is 67.9 Å². The van der Waals surface area contributed by atoms with Gasteiger partial charge >= 0.3 is 0 Å². The Balaban J connectivity index is 4.65. The summed E-state index contributed by atoms with van der Waals surface area (Å²) in [6.45, 7) is 7.70. The molecule has 4 heteroatoms. The summed E-state index contributed by atoms with van der Waals surface area (Å²) in [4.78, 5) is 13.4. The summed E-state index contributed by atoms with van der Waals surface area (Å²) in [6, 6.07) is 4.05. The van der Waals surface area contributed by atoms with Gasteiger partial charge in [-0.15, -0.1) is 0 Å². The number of carbonyl (C=O) groups is 1. The second kappa shape index (κ2) is 5.36. The van der Waals surface area contributed by atoms with E-state index in [1.165, 1.54) is 0 Å². The molecule has 0 heterocycles. The summed E-state index contributed by atoms with van der Waals surface area (Å²) in [5.74, 6) is -0.419. The van der Waals surface area contributed by atoms with E-state index in [1.807, 2.05) is 13.0 Å². The van der Waals surface area contributed by atoms with E-state index in [0.29, 0.717) is 13.1 Å². The molecule has 0 aromatic rings. The Morgan fingerprint density at radius 1 is 1.47 bits per heavy atom. The van der Waals surface area contributed by atoms with Gasteiger partial charge in [0.2, 0.25) is 5.91 Å². The number of hydrogen-bond donors (Lipinski definition) is 0. The third-order valence-electron chi connectivity index (χ3n) is 2.20. The predicted molar refractivity (Wildman–Crippen MR) is 56.4 cm³/mol. The van der Waals surface area contributed by atoms with E-state index < -0.39 is 5.41 Å². The summed E-state index contributed by atoms with van der Waals surface area (Å²) in [5, 5.41) is 17.5. The lowest BCUT2D eigenvalue weighted by Gasteiger charge is -2.27. The van der Waals surface area contributed by atoms with Gasteiger partial charge in [-0.3, -0.25) is 4.79 Å². The highest BCUT2D eigenvalue weighted by molar-refractivity contribution is 5.84. The van der Waals surface area contributed by atoms with Gasteiger partial charge < -0.3 is 4.90 Å². The fraction of sp³-hybridized carbons (Fsp3) is 0.727. The minimum absolute atomic E-state index is 0.205. The van der Waals surface area contributed by atoms with Crippen molar-refractivity contribution in [3.05, 3.63) is 0 Å². The lowest BCUT2D eigenvalue weighted by molar-refractivity contribution is -0.137. The zero-order valence-electron chi connectivity index (χ0n) is 9.74. The van der Waals surface area contributed by atoms with E-state index in [1.54, 1.807) is 25.7 Å². The van der Waals surface area contributed by atoms with Crippen LogP contribution >= 0.6 is 0 Å².